The van der Waals surface area contributed by atoms with Crippen molar-refractivity contribution >= 4 is 12.2 Å². The third-order valence-electron chi connectivity index (χ3n) is 5.91. The summed E-state index contributed by atoms with van der Waals surface area (Å²) in [6, 6.07) is 7.62. The maximum Gasteiger partial charge on any atom is 0.326 e. The quantitative estimate of drug-likeness (QED) is 0.430. The lowest BCUT2D eigenvalue weighted by Crippen LogP contribution is -2.34. The number of esters is 1. The molecule has 7 heteroatoms. The fourth-order valence-corrected chi connectivity index (χ4v) is 4.62. The minimum absolute atomic E-state index is 0.138. The molecule has 2 atom stereocenters. The maximum absolute atomic E-state index is 13.0. The fourth-order valence-electron chi connectivity index (χ4n) is 4.62. The van der Waals surface area contributed by atoms with E-state index in [4.69, 9.17) is 23.7 Å². The van der Waals surface area contributed by atoms with E-state index in [2.05, 4.69) is 4.58 Å². The van der Waals surface area contributed by atoms with Crippen LogP contribution in [0.25, 0.3) is 0 Å². The summed E-state index contributed by atoms with van der Waals surface area (Å²) in [5.41, 5.74) is 3.08. The van der Waals surface area contributed by atoms with Crippen molar-refractivity contribution in [3.63, 3.8) is 0 Å². The van der Waals surface area contributed by atoms with Gasteiger partial charge in [-0.3, -0.25) is 4.79 Å². The van der Waals surface area contributed by atoms with Gasteiger partial charge in [-0.15, -0.1) is 0 Å². The van der Waals surface area contributed by atoms with Gasteiger partial charge in [-0.25, -0.2) is 4.58 Å². The Morgan fingerprint density at radius 3 is 2.61 bits per heavy atom. The van der Waals surface area contributed by atoms with E-state index in [1.807, 2.05) is 37.4 Å². The van der Waals surface area contributed by atoms with Gasteiger partial charge in [0.15, 0.2) is 35.0 Å². The lowest BCUT2D eigenvalue weighted by molar-refractivity contribution is -0.574. The summed E-state index contributed by atoms with van der Waals surface area (Å²) in [6.45, 7) is 3.17. The molecule has 2 aromatic rings. The zero-order chi connectivity index (χ0) is 18.8. The van der Waals surface area contributed by atoms with Gasteiger partial charge in [0, 0.05) is 24.5 Å². The Labute approximate surface area is 161 Å². The van der Waals surface area contributed by atoms with E-state index >= 15 is 0 Å². The van der Waals surface area contributed by atoms with E-state index in [0.717, 1.165) is 35.6 Å². The van der Waals surface area contributed by atoms with E-state index in [1.54, 1.807) is 0 Å². The van der Waals surface area contributed by atoms with Gasteiger partial charge >= 0.3 is 5.97 Å². The smallest absolute Gasteiger partial charge is 0.326 e. The Morgan fingerprint density at radius 1 is 0.964 bits per heavy atom. The highest BCUT2D eigenvalue weighted by atomic mass is 16.7. The molecule has 4 aliphatic heterocycles. The average Bonchev–Trinajstić information content (AvgIpc) is 3.42. The zero-order valence-corrected chi connectivity index (χ0v) is 15.3. The van der Waals surface area contributed by atoms with Crippen LogP contribution in [-0.2, 0) is 11.2 Å². The standard InChI is InChI=1S/C21H18NO6/c1-2-22-6-5-11-7-15-16(26-9-25-15)8-13(11)18(22)17-12-3-4-14-20(27-10-24-14)19(12)28-21(17)23/h2-4,7-8,17-18H,5-6,9-10H2,1H3/q+1/b22-2+/t17-,18+/m1/s1. The molecule has 0 unspecified atom stereocenters. The third-order valence-corrected chi connectivity index (χ3v) is 5.91. The van der Waals surface area contributed by atoms with Gasteiger partial charge in [0.25, 0.3) is 0 Å². The Bertz CT molecular complexity index is 1060. The second-order valence-corrected chi connectivity index (χ2v) is 7.21. The molecule has 2 aromatic carbocycles. The van der Waals surface area contributed by atoms with Gasteiger partial charge in [-0.1, -0.05) is 6.07 Å². The van der Waals surface area contributed by atoms with Gasteiger partial charge in [0.2, 0.25) is 19.3 Å². The van der Waals surface area contributed by atoms with Crippen LogP contribution >= 0.6 is 0 Å². The van der Waals surface area contributed by atoms with Crippen LogP contribution in [0.4, 0.5) is 0 Å². The molecule has 0 N–H and O–H groups in total. The summed E-state index contributed by atoms with van der Waals surface area (Å²) in [5, 5.41) is 0. The molecule has 7 nitrogen and oxygen atoms in total. The number of benzene rings is 2. The normalized spacial score (nSPS) is 24.9. The molecular formula is C21H18NO6+. The molecule has 0 aliphatic carbocycles. The molecular weight excluding hydrogens is 362 g/mol. The molecule has 0 spiro atoms. The zero-order valence-electron chi connectivity index (χ0n) is 15.3. The first-order valence-corrected chi connectivity index (χ1v) is 9.36. The summed E-state index contributed by atoms with van der Waals surface area (Å²) >= 11 is 0. The van der Waals surface area contributed by atoms with Crippen molar-refractivity contribution in [1.82, 2.24) is 0 Å². The van der Waals surface area contributed by atoms with Crippen LogP contribution in [0.3, 0.4) is 0 Å². The van der Waals surface area contributed by atoms with Gasteiger partial charge < -0.3 is 23.7 Å². The van der Waals surface area contributed by atoms with E-state index in [1.165, 1.54) is 5.56 Å². The number of hydrogen-bond acceptors (Lipinski definition) is 6. The first-order valence-electron chi connectivity index (χ1n) is 9.36. The fraction of sp³-hybridized carbons (Fsp3) is 0.333. The summed E-state index contributed by atoms with van der Waals surface area (Å²) in [6.07, 6.45) is 2.92. The van der Waals surface area contributed by atoms with Crippen LogP contribution in [0.2, 0.25) is 0 Å². The van der Waals surface area contributed by atoms with Crippen molar-refractivity contribution in [2.45, 2.75) is 25.3 Å². The SMILES string of the molecule is C/C=[N+]1\CCc2cc3c(cc2[C@H]1[C@@H]1C(=O)Oc2c1ccc1c2OCO1)OCO3. The van der Waals surface area contributed by atoms with Gasteiger partial charge in [-0.2, -0.15) is 0 Å². The topological polar surface area (TPSA) is 66.2 Å². The number of nitrogens with zero attached hydrogens (tertiary/aromatic N) is 1. The molecule has 0 fully saturated rings. The molecule has 142 valence electrons. The van der Waals surface area contributed by atoms with Crippen LogP contribution in [0, 0.1) is 0 Å². The number of hydrogen-bond donors (Lipinski definition) is 0. The predicted octanol–water partition coefficient (Wildman–Crippen LogP) is 2.55. The summed E-state index contributed by atoms with van der Waals surface area (Å²) in [7, 11) is 0. The largest absolute Gasteiger partial charge is 0.454 e. The van der Waals surface area contributed by atoms with Gasteiger partial charge in [-0.05, 0) is 23.8 Å². The van der Waals surface area contributed by atoms with Gasteiger partial charge in [0.1, 0.15) is 12.8 Å². The molecule has 4 aliphatic rings. The number of rotatable bonds is 1. The minimum Gasteiger partial charge on any atom is -0.454 e. The molecule has 0 aromatic heterocycles. The van der Waals surface area contributed by atoms with Crippen molar-refractivity contribution in [1.29, 1.82) is 0 Å². The summed E-state index contributed by atoms with van der Waals surface area (Å²) < 4.78 is 30.0. The highest BCUT2D eigenvalue weighted by molar-refractivity contribution is 5.89. The first kappa shape index (κ1) is 15.8. The number of fused-ring (bicyclic) bond motifs is 5. The average molecular weight is 380 g/mol. The molecule has 0 saturated carbocycles. The first-order chi connectivity index (χ1) is 13.7. The van der Waals surface area contributed by atoms with Crippen LogP contribution in [0.15, 0.2) is 24.3 Å². The van der Waals surface area contributed by atoms with Crippen LogP contribution in [0.1, 0.15) is 35.6 Å². The second-order valence-electron chi connectivity index (χ2n) is 7.21. The molecule has 0 saturated heterocycles. The van der Waals surface area contributed by atoms with Crippen molar-refractivity contribution < 1.29 is 33.1 Å². The van der Waals surface area contributed by atoms with E-state index < -0.39 is 5.92 Å². The Morgan fingerprint density at radius 2 is 1.75 bits per heavy atom. The number of carbonyl (C=O) groups excluding carboxylic acids is 1. The lowest BCUT2D eigenvalue weighted by atomic mass is 9.82. The van der Waals surface area contributed by atoms with Crippen molar-refractivity contribution in [3.05, 3.63) is 41.0 Å². The molecule has 0 radical (unpaired) electrons. The lowest BCUT2D eigenvalue weighted by Gasteiger charge is -2.27. The Kier molecular flexibility index (Phi) is 3.18. The highest BCUT2D eigenvalue weighted by Gasteiger charge is 2.50. The molecule has 0 amide bonds. The van der Waals surface area contributed by atoms with Crippen molar-refractivity contribution in [2.75, 3.05) is 20.1 Å². The molecule has 0 bridgehead atoms. The molecule has 28 heavy (non-hydrogen) atoms. The Hall–Kier alpha value is -3.22. The van der Waals surface area contributed by atoms with Crippen LogP contribution in [0.5, 0.6) is 28.7 Å². The maximum atomic E-state index is 13.0. The Balaban J connectivity index is 1.53. The van der Waals surface area contributed by atoms with E-state index in [-0.39, 0.29) is 25.6 Å². The van der Waals surface area contributed by atoms with Crippen LogP contribution < -0.4 is 23.7 Å². The van der Waals surface area contributed by atoms with Crippen LogP contribution in [-0.4, -0.2) is 36.9 Å². The highest BCUT2D eigenvalue weighted by Crippen LogP contribution is 2.54. The second kappa shape index (κ2) is 5.64. The minimum atomic E-state index is -0.458. The number of ether oxygens (including phenoxy) is 5. The van der Waals surface area contributed by atoms with E-state index in [0.29, 0.717) is 17.2 Å². The third kappa shape index (κ3) is 2.04. The molecule has 6 rings (SSSR count). The van der Waals surface area contributed by atoms with Gasteiger partial charge in [0.05, 0.1) is 0 Å². The monoisotopic (exact) mass is 380 g/mol. The molecule has 4 heterocycles. The predicted molar refractivity (Wildman–Crippen MR) is 96.8 cm³/mol. The summed E-state index contributed by atoms with van der Waals surface area (Å²) in [5.74, 6) is 2.36. The van der Waals surface area contributed by atoms with Crippen molar-refractivity contribution in [3.8, 4) is 28.7 Å². The van der Waals surface area contributed by atoms with E-state index in [9.17, 15) is 4.79 Å². The van der Waals surface area contributed by atoms with Crippen molar-refractivity contribution in [2.24, 2.45) is 0 Å². The number of carbonyl (C=O) groups is 1. The summed E-state index contributed by atoms with van der Waals surface area (Å²) in [4.78, 5) is 13.0.